The van der Waals surface area contributed by atoms with Gasteiger partial charge in [-0.2, -0.15) is 0 Å². The van der Waals surface area contributed by atoms with Gasteiger partial charge in [0.1, 0.15) is 12.7 Å². The first-order valence-corrected chi connectivity index (χ1v) is 30.4. The van der Waals surface area contributed by atoms with E-state index >= 15 is 0 Å². The van der Waals surface area contributed by atoms with E-state index in [1.807, 2.05) is 0 Å². The molecular formula is C58H107O11P. The molecule has 0 aromatic carbocycles. The lowest BCUT2D eigenvalue weighted by molar-refractivity contribution is -0.161. The van der Waals surface area contributed by atoms with Crippen LogP contribution in [0, 0.1) is 0 Å². The maximum atomic E-state index is 12.9. The molecule has 0 aliphatic heterocycles. The third kappa shape index (κ3) is 50.6. The smallest absolute Gasteiger partial charge is 0.462 e. The van der Waals surface area contributed by atoms with E-state index < -0.39 is 57.8 Å². The Morgan fingerprint density at radius 2 is 0.743 bits per heavy atom. The van der Waals surface area contributed by atoms with Crippen molar-refractivity contribution in [2.24, 2.45) is 0 Å². The zero-order chi connectivity index (χ0) is 51.3. The molecule has 0 heterocycles. The van der Waals surface area contributed by atoms with Gasteiger partial charge < -0.3 is 24.2 Å². The summed E-state index contributed by atoms with van der Waals surface area (Å²) in [5, 5.41) is 9.79. The van der Waals surface area contributed by atoms with Crippen LogP contribution in [-0.2, 0) is 42.2 Å². The zero-order valence-electron chi connectivity index (χ0n) is 45.2. The average Bonchev–Trinajstić information content (AvgIpc) is 3.35. The Hall–Kier alpha value is -2.30. The van der Waals surface area contributed by atoms with Crippen LogP contribution >= 0.6 is 7.82 Å². The summed E-state index contributed by atoms with van der Waals surface area (Å²) in [6.07, 6.45) is 54.0. The highest BCUT2D eigenvalue weighted by molar-refractivity contribution is 7.47. The summed E-state index contributed by atoms with van der Waals surface area (Å²) in [6.45, 7) is 4.53. The number of allylic oxidation sites excluding steroid dienone is 6. The van der Waals surface area contributed by atoms with Crippen molar-refractivity contribution < 1.29 is 52.2 Å². The van der Waals surface area contributed by atoms with Gasteiger partial charge in [-0.15, -0.1) is 0 Å². The second kappa shape index (κ2) is 53.0. The van der Waals surface area contributed by atoms with Gasteiger partial charge in [0, 0.05) is 19.3 Å². The molecule has 0 radical (unpaired) electrons. The molecule has 0 fully saturated rings. The van der Waals surface area contributed by atoms with Crippen molar-refractivity contribution >= 4 is 25.7 Å². The van der Waals surface area contributed by atoms with Gasteiger partial charge in [-0.3, -0.25) is 23.4 Å². The Bertz CT molecular complexity index is 1320. The minimum absolute atomic E-state index is 0.145. The molecule has 0 aliphatic rings. The topological polar surface area (TPSA) is 155 Å². The van der Waals surface area contributed by atoms with Crippen LogP contribution < -0.4 is 0 Å². The molecule has 0 amide bonds. The fourth-order valence-electron chi connectivity index (χ4n) is 8.20. The summed E-state index contributed by atoms with van der Waals surface area (Å²) in [5.41, 5.74) is 0. The van der Waals surface area contributed by atoms with Crippen LogP contribution in [0.2, 0.25) is 0 Å². The highest BCUT2D eigenvalue weighted by Crippen LogP contribution is 2.43. The van der Waals surface area contributed by atoms with Crippen molar-refractivity contribution in [2.75, 3.05) is 26.4 Å². The molecular weight excluding hydrogens is 904 g/mol. The van der Waals surface area contributed by atoms with Crippen LogP contribution in [0.5, 0.6) is 0 Å². The normalized spacial score (nSPS) is 13.6. The number of aliphatic hydroxyl groups is 1. The van der Waals surface area contributed by atoms with Gasteiger partial charge in [-0.1, -0.05) is 243 Å². The number of hydrogen-bond donors (Lipinski definition) is 2. The fraction of sp³-hybridized carbons (Fsp3) is 0.845. The van der Waals surface area contributed by atoms with Crippen molar-refractivity contribution in [3.63, 3.8) is 0 Å². The van der Waals surface area contributed by atoms with Gasteiger partial charge in [0.25, 0.3) is 0 Å². The summed E-state index contributed by atoms with van der Waals surface area (Å²) in [4.78, 5) is 48.4. The van der Waals surface area contributed by atoms with Gasteiger partial charge in [0.05, 0.1) is 19.8 Å². The minimum Gasteiger partial charge on any atom is -0.462 e. The van der Waals surface area contributed by atoms with E-state index in [1.54, 1.807) is 0 Å². The average molecular weight is 1010 g/mol. The molecule has 12 heteroatoms. The molecule has 0 bridgehead atoms. The van der Waals surface area contributed by atoms with E-state index in [0.29, 0.717) is 19.3 Å². The van der Waals surface area contributed by atoms with Crippen LogP contribution in [0.3, 0.4) is 0 Å². The molecule has 0 spiro atoms. The lowest BCUT2D eigenvalue weighted by Gasteiger charge is -2.21. The molecule has 2 N–H and O–H groups in total. The van der Waals surface area contributed by atoms with Crippen molar-refractivity contribution in [3.05, 3.63) is 36.5 Å². The van der Waals surface area contributed by atoms with Gasteiger partial charge in [0.15, 0.2) is 6.10 Å². The number of carbonyl (C=O) groups is 3. The third-order valence-electron chi connectivity index (χ3n) is 12.6. The zero-order valence-corrected chi connectivity index (χ0v) is 46.1. The molecule has 70 heavy (non-hydrogen) atoms. The van der Waals surface area contributed by atoms with Crippen molar-refractivity contribution in [2.45, 2.75) is 290 Å². The molecule has 3 unspecified atom stereocenters. The number of phosphoric acid groups is 1. The molecule has 0 saturated heterocycles. The lowest BCUT2D eigenvalue weighted by Crippen LogP contribution is -2.30. The number of esters is 3. The summed E-state index contributed by atoms with van der Waals surface area (Å²) < 4.78 is 39.5. The Labute approximate surface area is 429 Å². The molecule has 0 aromatic rings. The van der Waals surface area contributed by atoms with Gasteiger partial charge in [-0.05, 0) is 51.4 Å². The SMILES string of the molecule is CC/C=C\C/C=C\C/C=C\CCCCCC(=O)OC(CO)COP(=O)(O)OCC(COC(=O)CCCCCCCCCCCCC)OC(=O)CCCCCCCCCCCCCCCCCCCCC. The number of ether oxygens (including phenoxy) is 3. The predicted octanol–water partition coefficient (Wildman–Crippen LogP) is 16.8. The van der Waals surface area contributed by atoms with Crippen LogP contribution in [-0.4, -0.2) is 66.5 Å². The monoisotopic (exact) mass is 1010 g/mol. The number of aliphatic hydroxyl groups excluding tert-OH is 1. The van der Waals surface area contributed by atoms with Gasteiger partial charge in [-0.25, -0.2) is 4.57 Å². The Balaban J connectivity index is 4.66. The number of hydrogen-bond acceptors (Lipinski definition) is 10. The van der Waals surface area contributed by atoms with Crippen molar-refractivity contribution in [1.82, 2.24) is 0 Å². The first-order chi connectivity index (χ1) is 34.2. The molecule has 410 valence electrons. The van der Waals surface area contributed by atoms with Crippen molar-refractivity contribution in [3.8, 4) is 0 Å². The van der Waals surface area contributed by atoms with Crippen molar-refractivity contribution in [1.29, 1.82) is 0 Å². The number of phosphoric ester groups is 1. The summed E-state index contributed by atoms with van der Waals surface area (Å²) in [5.74, 6) is -1.47. The summed E-state index contributed by atoms with van der Waals surface area (Å²) >= 11 is 0. The van der Waals surface area contributed by atoms with E-state index in [4.69, 9.17) is 23.3 Å². The Morgan fingerprint density at radius 1 is 0.414 bits per heavy atom. The Morgan fingerprint density at radius 3 is 1.14 bits per heavy atom. The maximum absolute atomic E-state index is 12.9. The Kier molecular flexibility index (Phi) is 51.3. The summed E-state index contributed by atoms with van der Waals surface area (Å²) in [6, 6.07) is 0. The van der Waals surface area contributed by atoms with Crippen LogP contribution in [0.4, 0.5) is 0 Å². The molecule has 3 atom stereocenters. The van der Waals surface area contributed by atoms with E-state index in [1.165, 1.54) is 141 Å². The van der Waals surface area contributed by atoms with Gasteiger partial charge >= 0.3 is 25.7 Å². The molecule has 11 nitrogen and oxygen atoms in total. The number of carbonyl (C=O) groups excluding carboxylic acids is 3. The van der Waals surface area contributed by atoms with Crippen LogP contribution in [0.25, 0.3) is 0 Å². The van der Waals surface area contributed by atoms with Crippen LogP contribution in [0.1, 0.15) is 278 Å². The third-order valence-corrected chi connectivity index (χ3v) is 13.5. The predicted molar refractivity (Wildman–Crippen MR) is 289 cm³/mol. The highest BCUT2D eigenvalue weighted by Gasteiger charge is 2.28. The molecule has 0 aromatic heterocycles. The second-order valence-corrected chi connectivity index (χ2v) is 20.9. The van der Waals surface area contributed by atoms with E-state index in [2.05, 4.69) is 57.2 Å². The quantitative estimate of drug-likeness (QED) is 0.0197. The number of rotatable bonds is 54. The highest BCUT2D eigenvalue weighted by atomic mass is 31.2. The largest absolute Gasteiger partial charge is 0.472 e. The van der Waals surface area contributed by atoms with E-state index in [-0.39, 0.29) is 25.9 Å². The standard InChI is InChI=1S/C58H107O11P/c1-4-7-10-13-16-19-22-24-25-26-27-28-29-31-34-37-40-43-46-49-58(62)69-55(51-65-56(60)47-44-41-38-35-32-21-18-15-12-9-6-3)53-67-70(63,64)66-52-54(50-59)68-57(61)48-45-42-39-36-33-30-23-20-17-14-11-8-5-2/h8,11,17,20,30,33,54-55,59H,4-7,9-10,12-16,18-19,21-29,31-32,34-53H2,1-3H3,(H,63,64)/b11-8-,20-17-,33-30-. The van der Waals surface area contributed by atoms with E-state index in [0.717, 1.165) is 77.0 Å². The fourth-order valence-corrected chi connectivity index (χ4v) is 8.98. The first-order valence-electron chi connectivity index (χ1n) is 28.9. The molecule has 0 rings (SSSR count). The lowest BCUT2D eigenvalue weighted by atomic mass is 10.0. The molecule has 0 saturated carbocycles. The van der Waals surface area contributed by atoms with Gasteiger partial charge in [0.2, 0.25) is 0 Å². The second-order valence-electron chi connectivity index (χ2n) is 19.4. The molecule has 0 aliphatic carbocycles. The first kappa shape index (κ1) is 67.7. The van der Waals surface area contributed by atoms with Crippen LogP contribution in [0.15, 0.2) is 36.5 Å². The number of unbranched alkanes of at least 4 members (excludes halogenated alkanes) is 31. The minimum atomic E-state index is -4.75. The van der Waals surface area contributed by atoms with E-state index in [9.17, 15) is 28.9 Å². The summed E-state index contributed by atoms with van der Waals surface area (Å²) in [7, 11) is -4.75. The maximum Gasteiger partial charge on any atom is 0.472 e.